The summed E-state index contributed by atoms with van der Waals surface area (Å²) in [7, 11) is 1.88. The summed E-state index contributed by atoms with van der Waals surface area (Å²) in [5, 5.41) is 18.7. The lowest BCUT2D eigenvalue weighted by molar-refractivity contribution is -0.137. The van der Waals surface area contributed by atoms with E-state index in [0.29, 0.717) is 23.7 Å². The number of tetrazole rings is 1. The number of hydrogen-bond acceptors (Lipinski definition) is 5. The largest absolute Gasteiger partial charge is 0.416 e. The third-order valence-electron chi connectivity index (χ3n) is 3.90. The molecule has 1 aromatic heterocycles. The number of rotatable bonds is 7. The average Bonchev–Trinajstić information content (AvgIpc) is 3.11. The van der Waals surface area contributed by atoms with E-state index >= 15 is 0 Å². The molecule has 2 N–H and O–H groups in total. The van der Waals surface area contributed by atoms with Crippen molar-refractivity contribution in [3.05, 3.63) is 54.1 Å². The molecule has 1 heterocycles. The van der Waals surface area contributed by atoms with Crippen LogP contribution in [0.3, 0.4) is 0 Å². The Labute approximate surface area is 154 Å². The fourth-order valence-electron chi connectivity index (χ4n) is 2.53. The number of halogens is 3. The van der Waals surface area contributed by atoms with Crippen molar-refractivity contribution >= 4 is 11.4 Å². The fourth-order valence-corrected chi connectivity index (χ4v) is 2.53. The van der Waals surface area contributed by atoms with E-state index in [0.717, 1.165) is 30.7 Å². The van der Waals surface area contributed by atoms with Gasteiger partial charge in [0.05, 0.1) is 12.1 Å². The van der Waals surface area contributed by atoms with E-state index < -0.39 is 11.7 Å². The van der Waals surface area contributed by atoms with Gasteiger partial charge in [-0.15, -0.1) is 10.2 Å². The Morgan fingerprint density at radius 1 is 1.04 bits per heavy atom. The van der Waals surface area contributed by atoms with Gasteiger partial charge in [-0.3, -0.25) is 0 Å². The Balaban J connectivity index is 1.78. The van der Waals surface area contributed by atoms with Crippen LogP contribution in [0.4, 0.5) is 24.5 Å². The number of nitrogens with zero attached hydrogens (tertiary/aromatic N) is 4. The molecule has 2 aromatic carbocycles. The summed E-state index contributed by atoms with van der Waals surface area (Å²) in [5.41, 5.74) is 1.26. The van der Waals surface area contributed by atoms with Crippen LogP contribution in [0, 0.1) is 0 Å². The topological polar surface area (TPSA) is 67.7 Å². The lowest BCUT2D eigenvalue weighted by atomic mass is 10.1. The summed E-state index contributed by atoms with van der Waals surface area (Å²) in [5.74, 6) is 0.453. The molecule has 0 aliphatic rings. The van der Waals surface area contributed by atoms with Gasteiger partial charge in [0.25, 0.3) is 0 Å². The molecule has 142 valence electrons. The normalized spacial score (nSPS) is 11.6. The third kappa shape index (κ3) is 4.82. The second-order valence-electron chi connectivity index (χ2n) is 5.91. The predicted octanol–water partition coefficient (Wildman–Crippen LogP) is 3.71. The van der Waals surface area contributed by atoms with Crippen LogP contribution in [0.2, 0.25) is 0 Å². The van der Waals surface area contributed by atoms with Gasteiger partial charge >= 0.3 is 6.18 Å². The quantitative estimate of drug-likeness (QED) is 0.616. The Morgan fingerprint density at radius 3 is 2.48 bits per heavy atom. The molecule has 3 aromatic rings. The van der Waals surface area contributed by atoms with E-state index in [9.17, 15) is 13.2 Å². The van der Waals surface area contributed by atoms with E-state index in [1.165, 1.54) is 16.9 Å². The summed E-state index contributed by atoms with van der Waals surface area (Å²) < 4.78 is 38.1. The number of aromatic nitrogens is 4. The molecular weight excluding hydrogens is 357 g/mol. The first-order valence-electron chi connectivity index (χ1n) is 8.43. The molecule has 3 rings (SSSR count). The molecule has 0 radical (unpaired) electrons. The molecule has 0 aliphatic carbocycles. The zero-order valence-electron chi connectivity index (χ0n) is 14.7. The Morgan fingerprint density at radius 2 is 1.78 bits per heavy atom. The van der Waals surface area contributed by atoms with Gasteiger partial charge in [0.15, 0.2) is 0 Å². The minimum atomic E-state index is -4.36. The van der Waals surface area contributed by atoms with Gasteiger partial charge in [-0.2, -0.15) is 18.0 Å². The van der Waals surface area contributed by atoms with Crippen LogP contribution in [0.15, 0.2) is 48.5 Å². The maximum Gasteiger partial charge on any atom is 0.416 e. The van der Waals surface area contributed by atoms with E-state index in [1.54, 1.807) is 0 Å². The van der Waals surface area contributed by atoms with Crippen LogP contribution in [0.25, 0.3) is 11.4 Å². The predicted molar refractivity (Wildman–Crippen MR) is 96.5 cm³/mol. The summed E-state index contributed by atoms with van der Waals surface area (Å²) in [6.07, 6.45) is -3.48. The minimum Gasteiger partial charge on any atom is -0.355 e. The average molecular weight is 376 g/mol. The van der Waals surface area contributed by atoms with Gasteiger partial charge < -0.3 is 10.6 Å². The van der Waals surface area contributed by atoms with E-state index in [4.69, 9.17) is 0 Å². The van der Waals surface area contributed by atoms with Gasteiger partial charge in [-0.05, 0) is 61.6 Å². The molecule has 0 bridgehead atoms. The third-order valence-corrected chi connectivity index (χ3v) is 3.90. The number of para-hydroxylation sites is 1. The number of aryl methyl sites for hydroxylation is 1. The maximum absolute atomic E-state index is 12.7. The Bertz CT molecular complexity index is 873. The molecule has 0 amide bonds. The van der Waals surface area contributed by atoms with E-state index in [-0.39, 0.29) is 0 Å². The van der Waals surface area contributed by atoms with Crippen LogP contribution in [0.5, 0.6) is 0 Å². The lowest BCUT2D eigenvalue weighted by Gasteiger charge is -2.11. The van der Waals surface area contributed by atoms with Crippen molar-refractivity contribution in [2.45, 2.75) is 19.1 Å². The van der Waals surface area contributed by atoms with Gasteiger partial charge in [-0.1, -0.05) is 12.1 Å². The maximum atomic E-state index is 12.7. The molecule has 0 saturated heterocycles. The van der Waals surface area contributed by atoms with Crippen LogP contribution >= 0.6 is 0 Å². The van der Waals surface area contributed by atoms with Crippen molar-refractivity contribution in [3.63, 3.8) is 0 Å². The van der Waals surface area contributed by atoms with Crippen LogP contribution < -0.4 is 10.6 Å². The molecule has 0 atom stereocenters. The molecule has 6 nitrogen and oxygen atoms in total. The van der Waals surface area contributed by atoms with Crippen LogP contribution in [-0.4, -0.2) is 33.8 Å². The SMILES string of the molecule is CNCCCn1nnc(-c2ccccc2Nc2ccc(C(F)(F)F)cc2)n1. The minimum absolute atomic E-state index is 0.453. The molecule has 0 saturated carbocycles. The molecule has 0 aliphatic heterocycles. The van der Waals surface area contributed by atoms with Crippen molar-refractivity contribution in [1.29, 1.82) is 0 Å². The number of benzene rings is 2. The van der Waals surface area contributed by atoms with Crippen molar-refractivity contribution in [2.75, 3.05) is 18.9 Å². The number of anilines is 2. The van der Waals surface area contributed by atoms with Gasteiger partial charge in [0.1, 0.15) is 0 Å². The highest BCUT2D eigenvalue weighted by molar-refractivity contribution is 5.77. The second kappa shape index (κ2) is 8.17. The number of alkyl halides is 3. The number of hydrogen-bond donors (Lipinski definition) is 2. The summed E-state index contributed by atoms with van der Waals surface area (Å²) in [4.78, 5) is 1.53. The zero-order valence-corrected chi connectivity index (χ0v) is 14.7. The highest BCUT2D eigenvalue weighted by Crippen LogP contribution is 2.32. The molecule has 0 fully saturated rings. The van der Waals surface area contributed by atoms with Crippen molar-refractivity contribution in [3.8, 4) is 11.4 Å². The lowest BCUT2D eigenvalue weighted by Crippen LogP contribution is -2.12. The first-order chi connectivity index (χ1) is 13.0. The fraction of sp³-hybridized carbons (Fsp3) is 0.278. The van der Waals surface area contributed by atoms with Crippen molar-refractivity contribution in [2.24, 2.45) is 0 Å². The second-order valence-corrected chi connectivity index (χ2v) is 5.91. The van der Waals surface area contributed by atoms with Gasteiger partial charge in [0.2, 0.25) is 5.82 Å². The number of nitrogens with one attached hydrogen (secondary N) is 2. The molecule has 0 spiro atoms. The Kier molecular flexibility index (Phi) is 5.70. The van der Waals surface area contributed by atoms with Crippen molar-refractivity contribution in [1.82, 2.24) is 25.5 Å². The first kappa shape index (κ1) is 18.8. The Hall–Kier alpha value is -2.94. The summed E-state index contributed by atoms with van der Waals surface area (Å²) >= 11 is 0. The van der Waals surface area contributed by atoms with Crippen molar-refractivity contribution < 1.29 is 13.2 Å². The molecular formula is C18H19F3N6. The molecule has 27 heavy (non-hydrogen) atoms. The smallest absolute Gasteiger partial charge is 0.355 e. The van der Waals surface area contributed by atoms with Crippen LogP contribution in [-0.2, 0) is 12.7 Å². The zero-order chi connectivity index (χ0) is 19.3. The van der Waals surface area contributed by atoms with E-state index in [2.05, 4.69) is 26.0 Å². The summed E-state index contributed by atoms with van der Waals surface area (Å²) in [6.45, 7) is 1.49. The van der Waals surface area contributed by atoms with Gasteiger partial charge in [0, 0.05) is 16.9 Å². The first-order valence-corrected chi connectivity index (χ1v) is 8.43. The highest BCUT2D eigenvalue weighted by atomic mass is 19.4. The summed E-state index contributed by atoms with van der Waals surface area (Å²) in [6, 6.07) is 12.2. The standard InChI is InChI=1S/C18H19F3N6/c1-22-11-4-12-27-25-17(24-26-27)15-5-2-3-6-16(15)23-14-9-7-13(8-10-14)18(19,20)21/h2-3,5-10,22-23H,4,11-12H2,1H3. The molecule has 9 heteroatoms. The monoisotopic (exact) mass is 376 g/mol. The molecule has 0 unspecified atom stereocenters. The highest BCUT2D eigenvalue weighted by Gasteiger charge is 2.29. The van der Waals surface area contributed by atoms with Crippen LogP contribution in [0.1, 0.15) is 12.0 Å². The van der Waals surface area contributed by atoms with Gasteiger partial charge in [-0.25, -0.2) is 0 Å². The van der Waals surface area contributed by atoms with E-state index in [1.807, 2.05) is 31.3 Å².